The molecule has 1 amide bonds. The number of cyclic esters (lactones) is 1. The second-order valence-electron chi connectivity index (χ2n) is 4.42. The summed E-state index contributed by atoms with van der Waals surface area (Å²) in [4.78, 5) is 33.5. The summed E-state index contributed by atoms with van der Waals surface area (Å²) in [6.45, 7) is 4.40. The van der Waals surface area contributed by atoms with Gasteiger partial charge in [0.1, 0.15) is 12.6 Å². The number of carboxylic acid groups (broad SMARTS) is 1. The molecular weight excluding hydrogens is 214 g/mol. The largest absolute Gasteiger partial charge is 0.480 e. The van der Waals surface area contributed by atoms with Crippen LogP contribution in [0.2, 0.25) is 0 Å². The van der Waals surface area contributed by atoms with Crippen LogP contribution in [0, 0.1) is 11.3 Å². The Morgan fingerprint density at radius 2 is 2.06 bits per heavy atom. The molecule has 0 spiro atoms. The molecule has 0 aromatic heterocycles. The van der Waals surface area contributed by atoms with E-state index in [2.05, 4.69) is 5.32 Å². The van der Waals surface area contributed by atoms with Gasteiger partial charge in [-0.1, -0.05) is 0 Å². The van der Waals surface area contributed by atoms with Gasteiger partial charge < -0.3 is 15.2 Å². The average molecular weight is 229 g/mol. The normalized spacial score (nSPS) is 27.3. The number of carboxylic acids is 1. The fraction of sp³-hybridized carbons (Fsp3) is 0.700. The van der Waals surface area contributed by atoms with E-state index in [4.69, 9.17) is 9.84 Å². The van der Waals surface area contributed by atoms with Crippen LogP contribution < -0.4 is 5.32 Å². The molecule has 2 N–H and O–H groups in total. The molecule has 1 aliphatic rings. The molecule has 0 saturated carbocycles. The number of nitrogens with one attached hydrogen (secondary N) is 1. The van der Waals surface area contributed by atoms with Gasteiger partial charge in [0.05, 0.1) is 11.3 Å². The molecule has 0 radical (unpaired) electrons. The molecular formula is C10H15NO5. The monoisotopic (exact) mass is 229 g/mol. The zero-order valence-corrected chi connectivity index (χ0v) is 9.44. The van der Waals surface area contributed by atoms with Gasteiger partial charge in [-0.15, -0.1) is 0 Å². The smallest absolute Gasteiger partial charge is 0.322 e. The van der Waals surface area contributed by atoms with Crippen LogP contribution in [0.4, 0.5) is 0 Å². The van der Waals surface area contributed by atoms with Gasteiger partial charge in [0.25, 0.3) is 0 Å². The van der Waals surface area contributed by atoms with Gasteiger partial charge in [-0.25, -0.2) is 0 Å². The molecule has 1 rings (SSSR count). The van der Waals surface area contributed by atoms with E-state index in [0.29, 0.717) is 0 Å². The first-order chi connectivity index (χ1) is 7.26. The zero-order valence-electron chi connectivity index (χ0n) is 9.44. The van der Waals surface area contributed by atoms with Gasteiger partial charge >= 0.3 is 11.9 Å². The van der Waals surface area contributed by atoms with Crippen molar-refractivity contribution in [1.29, 1.82) is 0 Å². The lowest BCUT2D eigenvalue weighted by molar-refractivity contribution is -0.147. The Bertz CT molecular complexity index is 336. The Kier molecular flexibility index (Phi) is 3.21. The number of carbonyl (C=O) groups is 3. The maximum atomic E-state index is 11.7. The molecule has 0 aromatic rings. The Morgan fingerprint density at radius 1 is 1.50 bits per heavy atom. The van der Waals surface area contributed by atoms with E-state index in [1.165, 1.54) is 0 Å². The quantitative estimate of drug-likeness (QED) is 0.652. The van der Waals surface area contributed by atoms with Crippen LogP contribution in [0.3, 0.4) is 0 Å². The zero-order chi connectivity index (χ0) is 12.5. The minimum atomic E-state index is -1.12. The molecule has 1 saturated heterocycles. The van der Waals surface area contributed by atoms with Crippen LogP contribution in [-0.2, 0) is 19.1 Å². The molecule has 0 aliphatic carbocycles. The highest BCUT2D eigenvalue weighted by Gasteiger charge is 2.52. The van der Waals surface area contributed by atoms with Gasteiger partial charge in [0, 0.05) is 0 Å². The third kappa shape index (κ3) is 2.15. The molecule has 6 nitrogen and oxygen atoms in total. The summed E-state index contributed by atoms with van der Waals surface area (Å²) in [5, 5.41) is 10.7. The molecule has 1 aliphatic heterocycles. The summed E-state index contributed by atoms with van der Waals surface area (Å²) < 4.78 is 4.97. The minimum Gasteiger partial charge on any atom is -0.480 e. The standard InChI is InChI=1S/C10H15NO5/c1-5-7(8(14)11-4-6(12)13)10(2,3)9(15)16-5/h5,7H,4H2,1-3H3,(H,11,14)(H,12,13)/t5-,7+/m0/s1. The topological polar surface area (TPSA) is 92.7 Å². The number of amides is 1. The number of aliphatic carboxylic acids is 1. The van der Waals surface area contributed by atoms with Crippen molar-refractivity contribution in [3.63, 3.8) is 0 Å². The molecule has 6 heteroatoms. The van der Waals surface area contributed by atoms with Crippen LogP contribution in [0.25, 0.3) is 0 Å². The summed E-state index contributed by atoms with van der Waals surface area (Å²) in [5.41, 5.74) is -0.915. The highest BCUT2D eigenvalue weighted by atomic mass is 16.6. The van der Waals surface area contributed by atoms with E-state index in [0.717, 1.165) is 0 Å². The highest BCUT2D eigenvalue weighted by molar-refractivity contribution is 5.91. The van der Waals surface area contributed by atoms with Gasteiger partial charge in [-0.05, 0) is 20.8 Å². The second-order valence-corrected chi connectivity index (χ2v) is 4.42. The molecule has 16 heavy (non-hydrogen) atoms. The minimum absolute atomic E-state index is 0.435. The van der Waals surface area contributed by atoms with Gasteiger partial charge in [0.2, 0.25) is 5.91 Å². The predicted molar refractivity (Wildman–Crippen MR) is 53.5 cm³/mol. The summed E-state index contributed by atoms with van der Waals surface area (Å²) in [6, 6.07) is 0. The number of hydrogen-bond donors (Lipinski definition) is 2. The Balaban J connectivity index is 2.75. The summed E-state index contributed by atoms with van der Waals surface area (Å²) in [6.07, 6.45) is -0.531. The number of ether oxygens (including phenoxy) is 1. The number of esters is 1. The fourth-order valence-electron chi connectivity index (χ4n) is 1.92. The van der Waals surface area contributed by atoms with Crippen molar-refractivity contribution in [2.24, 2.45) is 11.3 Å². The van der Waals surface area contributed by atoms with Crippen molar-refractivity contribution < 1.29 is 24.2 Å². The molecule has 0 aromatic carbocycles. The third-order valence-electron chi connectivity index (χ3n) is 2.76. The van der Waals surface area contributed by atoms with Crippen LogP contribution in [0.15, 0.2) is 0 Å². The van der Waals surface area contributed by atoms with Crippen LogP contribution in [-0.4, -0.2) is 35.6 Å². The SMILES string of the molecule is C[C@@H]1OC(=O)C(C)(C)[C@H]1C(=O)NCC(=O)O. The first-order valence-electron chi connectivity index (χ1n) is 4.97. The van der Waals surface area contributed by atoms with Crippen molar-refractivity contribution >= 4 is 17.8 Å². The molecule has 2 atom stereocenters. The lowest BCUT2D eigenvalue weighted by atomic mass is 9.78. The van der Waals surface area contributed by atoms with E-state index in [-0.39, 0.29) is 0 Å². The Labute approximate surface area is 93.0 Å². The van der Waals surface area contributed by atoms with Crippen LogP contribution >= 0.6 is 0 Å². The summed E-state index contributed by atoms with van der Waals surface area (Å²) in [7, 11) is 0. The van der Waals surface area contributed by atoms with Crippen molar-refractivity contribution in [2.75, 3.05) is 6.54 Å². The number of hydrogen-bond acceptors (Lipinski definition) is 4. The molecule has 0 unspecified atom stereocenters. The third-order valence-corrected chi connectivity index (χ3v) is 2.76. The van der Waals surface area contributed by atoms with E-state index < -0.39 is 41.8 Å². The Morgan fingerprint density at radius 3 is 2.44 bits per heavy atom. The van der Waals surface area contributed by atoms with Gasteiger partial charge in [-0.2, -0.15) is 0 Å². The van der Waals surface area contributed by atoms with E-state index in [9.17, 15) is 14.4 Å². The van der Waals surface area contributed by atoms with Crippen molar-refractivity contribution in [3.05, 3.63) is 0 Å². The van der Waals surface area contributed by atoms with Crippen molar-refractivity contribution in [2.45, 2.75) is 26.9 Å². The van der Waals surface area contributed by atoms with Gasteiger partial charge in [-0.3, -0.25) is 14.4 Å². The van der Waals surface area contributed by atoms with Crippen LogP contribution in [0.1, 0.15) is 20.8 Å². The lowest BCUT2D eigenvalue weighted by Crippen LogP contribution is -2.43. The first kappa shape index (κ1) is 12.5. The van der Waals surface area contributed by atoms with E-state index >= 15 is 0 Å². The Hall–Kier alpha value is -1.59. The van der Waals surface area contributed by atoms with E-state index in [1.807, 2.05) is 0 Å². The molecule has 0 bridgehead atoms. The fourth-order valence-corrected chi connectivity index (χ4v) is 1.92. The predicted octanol–water partition coefficient (Wildman–Crippen LogP) is -0.225. The average Bonchev–Trinajstić information content (AvgIpc) is 2.32. The molecule has 1 fully saturated rings. The molecule has 90 valence electrons. The maximum Gasteiger partial charge on any atom is 0.322 e. The summed E-state index contributed by atoms with van der Waals surface area (Å²) in [5.74, 6) is -2.68. The second kappa shape index (κ2) is 4.11. The van der Waals surface area contributed by atoms with Gasteiger partial charge in [0.15, 0.2) is 0 Å². The summed E-state index contributed by atoms with van der Waals surface area (Å²) >= 11 is 0. The lowest BCUT2D eigenvalue weighted by Gasteiger charge is -2.22. The van der Waals surface area contributed by atoms with Crippen molar-refractivity contribution in [1.82, 2.24) is 5.32 Å². The van der Waals surface area contributed by atoms with Crippen molar-refractivity contribution in [3.8, 4) is 0 Å². The number of carbonyl (C=O) groups excluding carboxylic acids is 2. The highest BCUT2D eigenvalue weighted by Crippen LogP contribution is 2.39. The van der Waals surface area contributed by atoms with Crippen LogP contribution in [0.5, 0.6) is 0 Å². The number of rotatable bonds is 3. The molecule has 1 heterocycles. The maximum absolute atomic E-state index is 11.7. The first-order valence-corrected chi connectivity index (χ1v) is 4.97. The van der Waals surface area contributed by atoms with E-state index in [1.54, 1.807) is 20.8 Å².